The average molecular weight is 368 g/mol. The Hall–Kier alpha value is -3.02. The molecule has 6 nitrogen and oxygen atoms in total. The third kappa shape index (κ3) is 4.58. The third-order valence-electron chi connectivity index (χ3n) is 4.69. The Morgan fingerprint density at radius 1 is 1.15 bits per heavy atom. The molecule has 0 aromatic heterocycles. The second-order valence-electron chi connectivity index (χ2n) is 6.71. The molecule has 3 rings (SSSR count). The normalized spacial score (nSPS) is 13.1. The molecule has 0 aliphatic heterocycles. The van der Waals surface area contributed by atoms with Gasteiger partial charge in [-0.2, -0.15) is 0 Å². The van der Waals surface area contributed by atoms with Crippen LogP contribution < -0.4 is 10.5 Å². The number of methoxy groups -OCH3 is 1. The van der Waals surface area contributed by atoms with Crippen LogP contribution in [-0.2, 0) is 16.1 Å². The van der Waals surface area contributed by atoms with Crippen LogP contribution in [0.4, 0.5) is 5.69 Å². The maximum Gasteiger partial charge on any atom is 0.340 e. The monoisotopic (exact) mass is 368 g/mol. The van der Waals surface area contributed by atoms with Gasteiger partial charge in [0.25, 0.3) is 5.91 Å². The largest absolute Gasteiger partial charge is 0.497 e. The Bertz CT molecular complexity index is 829. The number of nitrogens with two attached hydrogens (primary N) is 1. The van der Waals surface area contributed by atoms with Crippen LogP contribution in [0, 0.1) is 6.92 Å². The van der Waals surface area contributed by atoms with Crippen molar-refractivity contribution in [2.24, 2.45) is 0 Å². The molecule has 1 saturated carbocycles. The van der Waals surface area contributed by atoms with Crippen molar-refractivity contribution in [1.29, 1.82) is 0 Å². The number of benzene rings is 2. The molecule has 27 heavy (non-hydrogen) atoms. The fourth-order valence-corrected chi connectivity index (χ4v) is 2.88. The number of hydrogen-bond acceptors (Lipinski definition) is 5. The maximum absolute atomic E-state index is 12.6. The Morgan fingerprint density at radius 2 is 1.85 bits per heavy atom. The first-order chi connectivity index (χ1) is 13.0. The van der Waals surface area contributed by atoms with E-state index in [1.807, 2.05) is 37.3 Å². The highest BCUT2D eigenvalue weighted by Crippen LogP contribution is 2.29. The molecule has 0 saturated heterocycles. The van der Waals surface area contributed by atoms with Gasteiger partial charge >= 0.3 is 5.97 Å². The molecule has 1 aliphatic rings. The van der Waals surface area contributed by atoms with Crippen molar-refractivity contribution in [2.75, 3.05) is 19.5 Å². The summed E-state index contributed by atoms with van der Waals surface area (Å²) in [6.45, 7) is 2.01. The van der Waals surface area contributed by atoms with Gasteiger partial charge in [0.15, 0.2) is 6.61 Å². The fraction of sp³-hybridized carbons (Fsp3) is 0.333. The minimum Gasteiger partial charge on any atom is -0.497 e. The molecule has 1 amide bonds. The number of nitrogens with zero attached hydrogens (tertiary/aromatic N) is 1. The fourth-order valence-electron chi connectivity index (χ4n) is 2.88. The molecule has 142 valence electrons. The van der Waals surface area contributed by atoms with Crippen LogP contribution >= 0.6 is 0 Å². The van der Waals surface area contributed by atoms with Crippen LogP contribution in [0.2, 0.25) is 0 Å². The van der Waals surface area contributed by atoms with Gasteiger partial charge in [-0.15, -0.1) is 0 Å². The zero-order valence-electron chi connectivity index (χ0n) is 15.6. The van der Waals surface area contributed by atoms with E-state index in [9.17, 15) is 9.59 Å². The number of ether oxygens (including phenoxy) is 2. The van der Waals surface area contributed by atoms with Gasteiger partial charge in [-0.3, -0.25) is 4.79 Å². The molecule has 0 atom stereocenters. The van der Waals surface area contributed by atoms with E-state index in [-0.39, 0.29) is 24.1 Å². The van der Waals surface area contributed by atoms with E-state index in [0.717, 1.165) is 29.7 Å². The average Bonchev–Trinajstić information content (AvgIpc) is 3.51. The summed E-state index contributed by atoms with van der Waals surface area (Å²) in [5.41, 5.74) is 8.40. The number of anilines is 1. The van der Waals surface area contributed by atoms with Crippen LogP contribution in [0.1, 0.15) is 34.3 Å². The molecule has 1 fully saturated rings. The highest BCUT2D eigenvalue weighted by molar-refractivity contribution is 5.96. The molecule has 2 N–H and O–H groups in total. The van der Waals surface area contributed by atoms with Crippen molar-refractivity contribution in [3.63, 3.8) is 0 Å². The summed E-state index contributed by atoms with van der Waals surface area (Å²) in [5, 5.41) is 0. The number of carbonyl (C=O) groups excluding carboxylic acids is 2. The number of para-hydroxylation sites is 1. The van der Waals surface area contributed by atoms with Gasteiger partial charge in [0.1, 0.15) is 5.75 Å². The van der Waals surface area contributed by atoms with E-state index in [1.165, 1.54) is 0 Å². The number of rotatable bonds is 7. The number of amides is 1. The Labute approximate surface area is 158 Å². The van der Waals surface area contributed by atoms with Gasteiger partial charge in [0.2, 0.25) is 0 Å². The van der Waals surface area contributed by atoms with Crippen LogP contribution in [0.25, 0.3) is 0 Å². The van der Waals surface area contributed by atoms with Gasteiger partial charge in [0.05, 0.1) is 12.7 Å². The van der Waals surface area contributed by atoms with Crippen LogP contribution in [0.15, 0.2) is 42.5 Å². The first kappa shape index (κ1) is 18.8. The van der Waals surface area contributed by atoms with Crippen LogP contribution in [-0.4, -0.2) is 36.5 Å². The Kier molecular flexibility index (Phi) is 5.64. The second kappa shape index (κ2) is 8.12. The summed E-state index contributed by atoms with van der Waals surface area (Å²) in [5.74, 6) is -0.00893. The highest BCUT2D eigenvalue weighted by Gasteiger charge is 2.33. The quantitative estimate of drug-likeness (QED) is 0.600. The van der Waals surface area contributed by atoms with Crippen LogP contribution in [0.5, 0.6) is 5.75 Å². The van der Waals surface area contributed by atoms with Crippen molar-refractivity contribution in [3.8, 4) is 5.75 Å². The molecule has 0 spiro atoms. The second-order valence-corrected chi connectivity index (χ2v) is 6.71. The molecular formula is C21H24N2O4. The van der Waals surface area contributed by atoms with Crippen molar-refractivity contribution >= 4 is 17.6 Å². The first-order valence-electron chi connectivity index (χ1n) is 8.94. The van der Waals surface area contributed by atoms with E-state index in [0.29, 0.717) is 12.2 Å². The lowest BCUT2D eigenvalue weighted by Crippen LogP contribution is -2.36. The molecule has 0 radical (unpaired) electrons. The lowest BCUT2D eigenvalue weighted by molar-refractivity contribution is -0.135. The van der Waals surface area contributed by atoms with E-state index in [4.69, 9.17) is 15.2 Å². The highest BCUT2D eigenvalue weighted by atomic mass is 16.5. The maximum atomic E-state index is 12.6. The van der Waals surface area contributed by atoms with Crippen molar-refractivity contribution in [2.45, 2.75) is 32.4 Å². The molecule has 2 aromatic rings. The first-order valence-corrected chi connectivity index (χ1v) is 8.94. The molecule has 0 heterocycles. The summed E-state index contributed by atoms with van der Waals surface area (Å²) in [7, 11) is 1.62. The van der Waals surface area contributed by atoms with E-state index in [2.05, 4.69) is 0 Å². The predicted octanol–water partition coefficient (Wildman–Crippen LogP) is 2.93. The predicted molar refractivity (Wildman–Crippen MR) is 102 cm³/mol. The van der Waals surface area contributed by atoms with Gasteiger partial charge in [0, 0.05) is 18.3 Å². The summed E-state index contributed by atoms with van der Waals surface area (Å²) in [6.07, 6.45) is 1.95. The molecule has 2 aromatic carbocycles. The van der Waals surface area contributed by atoms with Crippen molar-refractivity contribution in [3.05, 3.63) is 59.2 Å². The minimum atomic E-state index is -0.579. The molecule has 0 unspecified atom stereocenters. The number of aryl methyl sites for hydroxylation is 1. The summed E-state index contributed by atoms with van der Waals surface area (Å²) >= 11 is 0. The van der Waals surface area contributed by atoms with Gasteiger partial charge in [-0.1, -0.05) is 24.3 Å². The zero-order chi connectivity index (χ0) is 19.4. The number of hydrogen-bond donors (Lipinski definition) is 1. The lowest BCUT2D eigenvalue weighted by atomic mass is 10.1. The molecule has 6 heteroatoms. The standard InChI is InChI=1S/C21H24N2O4/c1-14-4-3-5-18(20(14)22)21(25)27-13-19(24)23(16-8-9-16)12-15-6-10-17(26-2)11-7-15/h3-7,10-11,16H,8-9,12-13,22H2,1-2H3. The van der Waals surface area contributed by atoms with E-state index >= 15 is 0 Å². The van der Waals surface area contributed by atoms with Gasteiger partial charge < -0.3 is 20.1 Å². The zero-order valence-corrected chi connectivity index (χ0v) is 15.6. The SMILES string of the molecule is COc1ccc(CN(C(=O)COC(=O)c2cccc(C)c2N)C2CC2)cc1. The molecule has 1 aliphatic carbocycles. The van der Waals surface area contributed by atoms with Crippen molar-refractivity contribution in [1.82, 2.24) is 4.90 Å². The molecule has 0 bridgehead atoms. The summed E-state index contributed by atoms with van der Waals surface area (Å²) in [4.78, 5) is 26.7. The van der Waals surface area contributed by atoms with Gasteiger partial charge in [-0.25, -0.2) is 4.79 Å². The minimum absolute atomic E-state index is 0.201. The summed E-state index contributed by atoms with van der Waals surface area (Å²) < 4.78 is 10.4. The summed E-state index contributed by atoms with van der Waals surface area (Å²) in [6, 6.07) is 13.0. The Morgan fingerprint density at radius 3 is 2.48 bits per heavy atom. The topological polar surface area (TPSA) is 81.9 Å². The van der Waals surface area contributed by atoms with E-state index < -0.39 is 5.97 Å². The smallest absolute Gasteiger partial charge is 0.340 e. The van der Waals surface area contributed by atoms with Crippen LogP contribution in [0.3, 0.4) is 0 Å². The molecular weight excluding hydrogens is 344 g/mol. The lowest BCUT2D eigenvalue weighted by Gasteiger charge is -2.22. The van der Waals surface area contributed by atoms with Crippen molar-refractivity contribution < 1.29 is 19.1 Å². The van der Waals surface area contributed by atoms with Gasteiger partial charge in [-0.05, 0) is 49.1 Å². The number of carbonyl (C=O) groups is 2. The number of esters is 1. The Balaban J connectivity index is 1.61. The number of nitrogen functional groups attached to an aromatic ring is 1. The van der Waals surface area contributed by atoms with E-state index in [1.54, 1.807) is 24.1 Å². The third-order valence-corrected chi connectivity index (χ3v) is 4.69.